The summed E-state index contributed by atoms with van der Waals surface area (Å²) < 4.78 is 32.6. The van der Waals surface area contributed by atoms with Crippen LogP contribution in [-0.4, -0.2) is 27.9 Å². The molecule has 0 unspecified atom stereocenters. The molecule has 25 heavy (non-hydrogen) atoms. The molecule has 3 rings (SSSR count). The number of Topliss-reactive ketones (excluding diaryl/α,β-unsaturated/α-hetero) is 1. The average molecular weight is 357 g/mol. The summed E-state index contributed by atoms with van der Waals surface area (Å²) in [6.45, 7) is 2.08. The molecule has 0 bridgehead atoms. The van der Waals surface area contributed by atoms with Crippen LogP contribution in [0.4, 0.5) is 5.69 Å². The molecule has 0 fully saturated rings. The second kappa shape index (κ2) is 6.72. The molecule has 0 spiro atoms. The van der Waals surface area contributed by atoms with Gasteiger partial charge in [-0.2, -0.15) is 0 Å². The maximum atomic E-state index is 13.1. The summed E-state index contributed by atoms with van der Waals surface area (Å²) in [7, 11) is -2.29. The van der Waals surface area contributed by atoms with Gasteiger partial charge in [0.25, 0.3) is 10.0 Å². The van der Waals surface area contributed by atoms with Crippen LogP contribution in [0.2, 0.25) is 0 Å². The Bertz CT molecular complexity index is 930. The summed E-state index contributed by atoms with van der Waals surface area (Å²) in [5.41, 5.74) is 2.19. The Kier molecular flexibility index (Phi) is 4.63. The number of carbonyl (C=O) groups is 1. The minimum atomic E-state index is -3.76. The van der Waals surface area contributed by atoms with Crippen molar-refractivity contribution in [2.24, 2.45) is 0 Å². The van der Waals surface area contributed by atoms with Crippen LogP contribution in [0.15, 0.2) is 65.3 Å². The number of rotatable bonds is 3. The maximum Gasteiger partial charge on any atom is 0.264 e. The van der Waals surface area contributed by atoms with Gasteiger partial charge in [0.2, 0.25) is 0 Å². The van der Waals surface area contributed by atoms with Crippen molar-refractivity contribution in [2.45, 2.75) is 18.2 Å². The summed E-state index contributed by atoms with van der Waals surface area (Å²) >= 11 is 0. The number of methoxy groups -OCH3 is 1. The van der Waals surface area contributed by atoms with Crippen LogP contribution in [-0.2, 0) is 14.8 Å². The van der Waals surface area contributed by atoms with Gasteiger partial charge in [-0.3, -0.25) is 9.10 Å². The van der Waals surface area contributed by atoms with Gasteiger partial charge in [0.05, 0.1) is 24.0 Å². The van der Waals surface area contributed by atoms with E-state index in [9.17, 15) is 13.2 Å². The highest BCUT2D eigenvalue weighted by atomic mass is 32.2. The second-order valence-corrected chi connectivity index (χ2v) is 7.73. The Morgan fingerprint density at radius 3 is 2.44 bits per heavy atom. The largest absolute Gasteiger partial charge is 0.504 e. The molecule has 0 saturated heterocycles. The van der Waals surface area contributed by atoms with Crippen molar-refractivity contribution >= 4 is 21.5 Å². The zero-order valence-electron chi connectivity index (χ0n) is 14.1. The fraction of sp³-hybridized carbons (Fsp3) is 0.211. The lowest BCUT2D eigenvalue weighted by Crippen LogP contribution is -2.32. The predicted molar refractivity (Wildman–Crippen MR) is 96.2 cm³/mol. The standard InChI is InChI=1S/C19H19NO4S/c1-14-7-9-16(10-8-14)25(22,23)20-12-11-15(13-24-2)19(21)17-5-3-4-6-18(17)20/h3-10,13H,11-12H2,1-2H3/b15-13+. The number of hydrogen-bond donors (Lipinski definition) is 0. The van der Waals surface area contributed by atoms with Crippen LogP contribution in [0.5, 0.6) is 0 Å². The molecular formula is C19H19NO4S. The van der Waals surface area contributed by atoms with E-state index < -0.39 is 10.0 Å². The molecule has 1 aliphatic heterocycles. The van der Waals surface area contributed by atoms with Crippen molar-refractivity contribution in [3.8, 4) is 0 Å². The first-order valence-electron chi connectivity index (χ1n) is 7.90. The summed E-state index contributed by atoms with van der Waals surface area (Å²) in [5, 5.41) is 0. The zero-order chi connectivity index (χ0) is 18.0. The summed E-state index contributed by atoms with van der Waals surface area (Å²) in [4.78, 5) is 12.9. The molecule has 0 radical (unpaired) electrons. The van der Waals surface area contributed by atoms with E-state index in [0.29, 0.717) is 16.8 Å². The van der Waals surface area contributed by atoms with Crippen molar-refractivity contribution in [1.29, 1.82) is 0 Å². The number of carbonyl (C=O) groups excluding carboxylic acids is 1. The van der Waals surface area contributed by atoms with E-state index in [-0.39, 0.29) is 23.6 Å². The van der Waals surface area contributed by atoms with Crippen molar-refractivity contribution < 1.29 is 17.9 Å². The third-order valence-corrected chi connectivity index (χ3v) is 5.99. The minimum Gasteiger partial charge on any atom is -0.504 e. The van der Waals surface area contributed by atoms with Gasteiger partial charge in [-0.15, -0.1) is 0 Å². The zero-order valence-corrected chi connectivity index (χ0v) is 14.9. The fourth-order valence-corrected chi connectivity index (χ4v) is 4.34. The molecule has 0 amide bonds. The third kappa shape index (κ3) is 3.17. The lowest BCUT2D eigenvalue weighted by atomic mass is 10.0. The van der Waals surface area contributed by atoms with E-state index in [4.69, 9.17) is 4.74 Å². The molecule has 5 nitrogen and oxygen atoms in total. The Morgan fingerprint density at radius 1 is 1.08 bits per heavy atom. The molecule has 1 heterocycles. The molecule has 0 atom stereocenters. The van der Waals surface area contributed by atoms with Crippen LogP contribution in [0.3, 0.4) is 0 Å². The maximum absolute atomic E-state index is 13.1. The average Bonchev–Trinajstić information content (AvgIpc) is 2.74. The van der Waals surface area contributed by atoms with E-state index in [0.717, 1.165) is 5.56 Å². The summed E-state index contributed by atoms with van der Waals surface area (Å²) in [5.74, 6) is -0.209. The molecule has 0 aliphatic carbocycles. The van der Waals surface area contributed by atoms with Gasteiger partial charge < -0.3 is 4.74 Å². The molecule has 0 N–H and O–H groups in total. The van der Waals surface area contributed by atoms with Crippen molar-refractivity contribution in [2.75, 3.05) is 18.0 Å². The fourth-order valence-electron chi connectivity index (χ4n) is 2.85. The number of fused-ring (bicyclic) bond motifs is 1. The van der Waals surface area contributed by atoms with Crippen LogP contribution in [0.1, 0.15) is 22.3 Å². The monoisotopic (exact) mass is 357 g/mol. The molecule has 2 aromatic carbocycles. The third-order valence-electron chi connectivity index (χ3n) is 4.16. The Morgan fingerprint density at radius 2 is 1.76 bits per heavy atom. The van der Waals surface area contributed by atoms with E-state index in [1.54, 1.807) is 48.5 Å². The number of anilines is 1. The summed E-state index contributed by atoms with van der Waals surface area (Å²) in [6, 6.07) is 13.5. The number of hydrogen-bond acceptors (Lipinski definition) is 4. The Balaban J connectivity index is 2.14. The number of nitrogens with zero attached hydrogens (tertiary/aromatic N) is 1. The predicted octanol–water partition coefficient (Wildman–Crippen LogP) is 3.31. The van der Waals surface area contributed by atoms with E-state index in [1.165, 1.54) is 17.7 Å². The highest BCUT2D eigenvalue weighted by molar-refractivity contribution is 7.92. The van der Waals surface area contributed by atoms with Gasteiger partial charge in [0.15, 0.2) is 5.78 Å². The Labute approximate surface area is 147 Å². The Hall–Kier alpha value is -2.60. The van der Waals surface area contributed by atoms with Gasteiger partial charge in [-0.1, -0.05) is 29.8 Å². The smallest absolute Gasteiger partial charge is 0.264 e. The van der Waals surface area contributed by atoms with E-state index in [2.05, 4.69) is 0 Å². The van der Waals surface area contributed by atoms with Gasteiger partial charge >= 0.3 is 0 Å². The topological polar surface area (TPSA) is 63.7 Å². The van der Waals surface area contributed by atoms with Crippen LogP contribution in [0, 0.1) is 6.92 Å². The molecule has 0 saturated carbocycles. The first-order chi connectivity index (χ1) is 11.9. The molecule has 130 valence electrons. The number of aryl methyl sites for hydroxylation is 1. The first kappa shape index (κ1) is 17.2. The van der Waals surface area contributed by atoms with Gasteiger partial charge in [0, 0.05) is 17.7 Å². The lowest BCUT2D eigenvalue weighted by Gasteiger charge is -2.24. The number of ether oxygens (including phenoxy) is 1. The number of benzene rings is 2. The molecule has 6 heteroatoms. The van der Waals surface area contributed by atoms with Crippen LogP contribution in [0.25, 0.3) is 0 Å². The highest BCUT2D eigenvalue weighted by Gasteiger charge is 2.32. The molecule has 2 aromatic rings. The quantitative estimate of drug-likeness (QED) is 0.624. The van der Waals surface area contributed by atoms with Gasteiger partial charge in [-0.25, -0.2) is 8.42 Å². The second-order valence-electron chi connectivity index (χ2n) is 5.87. The van der Waals surface area contributed by atoms with Crippen molar-refractivity contribution in [3.05, 3.63) is 71.5 Å². The summed E-state index contributed by atoms with van der Waals surface area (Å²) in [6.07, 6.45) is 1.67. The van der Waals surface area contributed by atoms with Crippen LogP contribution >= 0.6 is 0 Å². The molecular weight excluding hydrogens is 338 g/mol. The van der Waals surface area contributed by atoms with Crippen molar-refractivity contribution in [1.82, 2.24) is 0 Å². The molecule has 1 aliphatic rings. The van der Waals surface area contributed by atoms with E-state index >= 15 is 0 Å². The normalized spacial score (nSPS) is 16.5. The van der Waals surface area contributed by atoms with Crippen LogP contribution < -0.4 is 4.31 Å². The van der Waals surface area contributed by atoms with Gasteiger partial charge in [-0.05, 0) is 37.6 Å². The highest BCUT2D eigenvalue weighted by Crippen LogP contribution is 2.32. The number of para-hydroxylation sites is 1. The van der Waals surface area contributed by atoms with Crippen molar-refractivity contribution in [3.63, 3.8) is 0 Å². The van der Waals surface area contributed by atoms with E-state index in [1.807, 2.05) is 6.92 Å². The number of sulfonamides is 1. The SMILES string of the molecule is CO/C=C1\CCN(S(=O)(=O)c2ccc(C)cc2)c2ccccc2C1=O. The molecule has 0 aromatic heterocycles. The van der Waals surface area contributed by atoms with Gasteiger partial charge in [0.1, 0.15) is 0 Å². The minimum absolute atomic E-state index is 0.175. The number of ketones is 1. The first-order valence-corrected chi connectivity index (χ1v) is 9.34. The lowest BCUT2D eigenvalue weighted by molar-refractivity contribution is 0.102.